The molecule has 1 N–H and O–H groups in total. The van der Waals surface area contributed by atoms with E-state index in [0.29, 0.717) is 0 Å². The molecule has 0 spiro atoms. The van der Waals surface area contributed by atoms with Gasteiger partial charge in [0.05, 0.1) is 11.4 Å². The van der Waals surface area contributed by atoms with Crippen molar-refractivity contribution in [2.75, 3.05) is 9.80 Å². The van der Waals surface area contributed by atoms with Crippen molar-refractivity contribution in [2.24, 2.45) is 0 Å². The SMILES string of the molecule is c1ccc(N(c2ccc3[nH]c4ccc(N(c5ccccc5)c5ccc6ccc7cccc8ccc5c6c78)cc4c3c2)c2ccc3ccc4cccc5ccc2c3c45)cc1. The van der Waals surface area contributed by atoms with Gasteiger partial charge in [0, 0.05) is 55.3 Å². The van der Waals surface area contributed by atoms with Gasteiger partial charge in [-0.25, -0.2) is 0 Å². The number of para-hydroxylation sites is 2. The average Bonchev–Trinajstić information content (AvgIpc) is 3.66. The minimum absolute atomic E-state index is 1.11. The van der Waals surface area contributed by atoms with E-state index in [2.05, 4.69) is 221 Å². The fourth-order valence-electron chi connectivity index (χ4n) is 9.99. The summed E-state index contributed by atoms with van der Waals surface area (Å²) in [6, 6.07) is 75.9. The van der Waals surface area contributed by atoms with Crippen LogP contribution in [-0.2, 0) is 0 Å². The number of aromatic amines is 1. The van der Waals surface area contributed by atoms with Crippen molar-refractivity contribution in [1.29, 1.82) is 0 Å². The highest BCUT2D eigenvalue weighted by atomic mass is 15.1. The van der Waals surface area contributed by atoms with Crippen LogP contribution in [0.5, 0.6) is 0 Å². The topological polar surface area (TPSA) is 22.3 Å². The number of aromatic nitrogens is 1. The summed E-state index contributed by atoms with van der Waals surface area (Å²) in [7, 11) is 0. The predicted molar refractivity (Wildman–Crippen MR) is 253 cm³/mol. The van der Waals surface area contributed by atoms with Crippen LogP contribution in [-0.4, -0.2) is 4.98 Å². The van der Waals surface area contributed by atoms with E-state index in [1.807, 2.05) is 0 Å². The zero-order valence-electron chi connectivity index (χ0n) is 32.0. The molecule has 3 heteroatoms. The Kier molecular flexibility index (Phi) is 6.72. The van der Waals surface area contributed by atoms with Crippen LogP contribution in [0, 0.1) is 0 Å². The van der Waals surface area contributed by atoms with Crippen molar-refractivity contribution in [2.45, 2.75) is 0 Å². The molecular formula is C56H35N3. The zero-order valence-corrected chi connectivity index (χ0v) is 32.0. The molecule has 0 amide bonds. The number of nitrogens with zero attached hydrogens (tertiary/aromatic N) is 2. The average molecular weight is 750 g/mol. The summed E-state index contributed by atoms with van der Waals surface area (Å²) in [4.78, 5) is 8.61. The first-order chi connectivity index (χ1) is 29.2. The van der Waals surface area contributed by atoms with Gasteiger partial charge < -0.3 is 14.8 Å². The minimum Gasteiger partial charge on any atom is -0.355 e. The highest BCUT2D eigenvalue weighted by molar-refractivity contribution is 6.27. The van der Waals surface area contributed by atoms with Gasteiger partial charge in [0.15, 0.2) is 0 Å². The van der Waals surface area contributed by atoms with Gasteiger partial charge in [0.25, 0.3) is 0 Å². The van der Waals surface area contributed by atoms with Crippen LogP contribution in [0.4, 0.5) is 34.1 Å². The third-order valence-corrected chi connectivity index (χ3v) is 12.6. The van der Waals surface area contributed by atoms with Gasteiger partial charge in [-0.2, -0.15) is 0 Å². The lowest BCUT2D eigenvalue weighted by atomic mass is 9.93. The summed E-state index contributed by atoms with van der Waals surface area (Å²) in [6.45, 7) is 0. The first kappa shape index (κ1) is 32.2. The van der Waals surface area contributed by atoms with E-state index < -0.39 is 0 Å². The quantitative estimate of drug-likeness (QED) is 0.171. The smallest absolute Gasteiger partial charge is 0.0540 e. The van der Waals surface area contributed by atoms with Crippen molar-refractivity contribution in [1.82, 2.24) is 4.98 Å². The second-order valence-corrected chi connectivity index (χ2v) is 15.8. The van der Waals surface area contributed by atoms with Crippen molar-refractivity contribution < 1.29 is 0 Å². The van der Waals surface area contributed by atoms with Crippen LogP contribution >= 0.6 is 0 Å². The van der Waals surface area contributed by atoms with Crippen LogP contribution in [0.1, 0.15) is 0 Å². The van der Waals surface area contributed by atoms with Crippen molar-refractivity contribution in [3.8, 4) is 0 Å². The molecule has 59 heavy (non-hydrogen) atoms. The number of nitrogens with one attached hydrogen (secondary N) is 1. The lowest BCUT2D eigenvalue weighted by molar-refractivity contribution is 1.30. The summed E-state index contributed by atoms with van der Waals surface area (Å²) in [5.41, 5.74) is 8.99. The molecule has 0 radical (unpaired) electrons. The van der Waals surface area contributed by atoms with Crippen molar-refractivity contribution in [3.63, 3.8) is 0 Å². The Morgan fingerprint density at radius 1 is 0.254 bits per heavy atom. The summed E-state index contributed by atoms with van der Waals surface area (Å²) >= 11 is 0. The maximum Gasteiger partial charge on any atom is 0.0540 e. The number of H-pyrrole nitrogens is 1. The van der Waals surface area contributed by atoms with E-state index in [0.717, 1.165) is 45.2 Å². The molecule has 12 aromatic carbocycles. The molecule has 0 aliphatic rings. The summed E-state index contributed by atoms with van der Waals surface area (Å²) in [5.74, 6) is 0. The maximum absolute atomic E-state index is 3.76. The van der Waals surface area contributed by atoms with Gasteiger partial charge in [-0.15, -0.1) is 0 Å². The highest BCUT2D eigenvalue weighted by Crippen LogP contribution is 2.47. The van der Waals surface area contributed by atoms with Crippen molar-refractivity contribution in [3.05, 3.63) is 206 Å². The second kappa shape index (κ2) is 12.3. The molecule has 1 aromatic heterocycles. The molecule has 0 aliphatic heterocycles. The zero-order chi connectivity index (χ0) is 38.6. The molecule has 3 nitrogen and oxygen atoms in total. The molecule has 0 bridgehead atoms. The summed E-state index contributed by atoms with van der Waals surface area (Å²) in [6.07, 6.45) is 0. The number of hydrogen-bond acceptors (Lipinski definition) is 2. The number of rotatable bonds is 6. The van der Waals surface area contributed by atoms with E-state index in [9.17, 15) is 0 Å². The molecule has 13 rings (SSSR count). The highest BCUT2D eigenvalue weighted by Gasteiger charge is 2.22. The summed E-state index contributed by atoms with van der Waals surface area (Å²) in [5, 5.41) is 17.7. The molecule has 1 heterocycles. The van der Waals surface area contributed by atoms with Gasteiger partial charge in [-0.05, 0) is 127 Å². The Labute approximate surface area is 340 Å². The number of fused-ring (bicyclic) bond motifs is 3. The van der Waals surface area contributed by atoms with Crippen LogP contribution in [0.2, 0.25) is 0 Å². The largest absolute Gasteiger partial charge is 0.355 e. The van der Waals surface area contributed by atoms with E-state index in [1.165, 1.54) is 75.4 Å². The Balaban J connectivity index is 1.02. The molecule has 0 saturated heterocycles. The van der Waals surface area contributed by atoms with E-state index in [1.54, 1.807) is 0 Å². The molecule has 13 aromatic rings. The normalized spacial score (nSPS) is 12.1. The van der Waals surface area contributed by atoms with Crippen LogP contribution < -0.4 is 9.80 Å². The van der Waals surface area contributed by atoms with Crippen LogP contribution in [0.15, 0.2) is 206 Å². The molecule has 0 atom stereocenters. The summed E-state index contributed by atoms with van der Waals surface area (Å²) < 4.78 is 0. The maximum atomic E-state index is 3.76. The fraction of sp³-hybridized carbons (Fsp3) is 0. The van der Waals surface area contributed by atoms with Crippen LogP contribution in [0.3, 0.4) is 0 Å². The van der Waals surface area contributed by atoms with E-state index in [4.69, 9.17) is 0 Å². The lowest BCUT2D eigenvalue weighted by Gasteiger charge is -2.28. The first-order valence-electron chi connectivity index (χ1n) is 20.3. The number of hydrogen-bond donors (Lipinski definition) is 1. The predicted octanol–water partition coefficient (Wildman–Crippen LogP) is 16.1. The number of anilines is 6. The molecule has 0 fully saturated rings. The monoisotopic (exact) mass is 749 g/mol. The first-order valence-corrected chi connectivity index (χ1v) is 20.3. The molecular weight excluding hydrogens is 715 g/mol. The van der Waals surface area contributed by atoms with Gasteiger partial charge in [-0.3, -0.25) is 0 Å². The third-order valence-electron chi connectivity index (χ3n) is 12.6. The minimum atomic E-state index is 1.11. The Bertz CT molecular complexity index is 3460. The lowest BCUT2D eigenvalue weighted by Crippen LogP contribution is -2.10. The number of benzene rings is 12. The molecule has 274 valence electrons. The Morgan fingerprint density at radius 2 is 0.627 bits per heavy atom. The Hall–Kier alpha value is -7.88. The molecule has 0 unspecified atom stereocenters. The van der Waals surface area contributed by atoms with E-state index >= 15 is 0 Å². The Morgan fingerprint density at radius 3 is 1.05 bits per heavy atom. The van der Waals surface area contributed by atoms with Gasteiger partial charge in [0.2, 0.25) is 0 Å². The molecule has 0 saturated carbocycles. The standard InChI is InChI=1S/C56H35N3/c1-3-13-41(14-4-1)58(51-31-23-39-19-17-35-9-7-11-37-21-27-45(51)55(39)53(35)37)43-25-29-49-47(33-43)48-34-44(26-30-50(48)57-49)59(42-15-5-2-6-16-42)52-32-24-40-20-18-36-10-8-12-38-22-28-46(52)56(40)54(36)38/h1-34,57H. The third kappa shape index (κ3) is 4.76. The van der Waals surface area contributed by atoms with Crippen LogP contribution in [0.25, 0.3) is 86.4 Å². The van der Waals surface area contributed by atoms with Gasteiger partial charge >= 0.3 is 0 Å². The van der Waals surface area contributed by atoms with Gasteiger partial charge in [0.1, 0.15) is 0 Å². The fourth-order valence-corrected chi connectivity index (χ4v) is 9.99. The van der Waals surface area contributed by atoms with Crippen molar-refractivity contribution >= 4 is 121 Å². The van der Waals surface area contributed by atoms with Gasteiger partial charge in [-0.1, -0.05) is 133 Å². The van der Waals surface area contributed by atoms with E-state index in [-0.39, 0.29) is 0 Å². The second-order valence-electron chi connectivity index (χ2n) is 15.8. The molecule has 0 aliphatic carbocycles.